The van der Waals surface area contributed by atoms with Crippen molar-refractivity contribution in [1.29, 1.82) is 0 Å². The van der Waals surface area contributed by atoms with Crippen LogP contribution in [-0.4, -0.2) is 24.5 Å². The van der Waals surface area contributed by atoms with Crippen molar-refractivity contribution in [3.05, 3.63) is 34.3 Å². The largest absolute Gasteiger partial charge is 0.303 e. The van der Waals surface area contributed by atoms with E-state index in [1.165, 1.54) is 42.5 Å². The van der Waals surface area contributed by atoms with E-state index in [4.69, 9.17) is 0 Å². The van der Waals surface area contributed by atoms with Gasteiger partial charge in [0.25, 0.3) is 0 Å². The molecule has 1 aromatic carbocycles. The molecule has 0 saturated carbocycles. The molecule has 2 rings (SSSR count). The van der Waals surface area contributed by atoms with Gasteiger partial charge >= 0.3 is 0 Å². The van der Waals surface area contributed by atoms with Crippen LogP contribution in [0.25, 0.3) is 0 Å². The Morgan fingerprint density at radius 3 is 2.29 bits per heavy atom. The van der Waals surface area contributed by atoms with Crippen molar-refractivity contribution in [2.75, 3.05) is 19.6 Å². The summed E-state index contributed by atoms with van der Waals surface area (Å²) >= 11 is 3.50. The van der Waals surface area contributed by atoms with Crippen LogP contribution in [0.5, 0.6) is 0 Å². The molecule has 0 radical (unpaired) electrons. The standard InChI is InChI=1S/C15H22BrN/c1-12(2)11-17-9-7-14(8-10-17)13-3-5-15(16)6-4-13/h3-6,12,14H,7-11H2,1-2H3. The lowest BCUT2D eigenvalue weighted by Gasteiger charge is -2.33. The molecule has 1 fully saturated rings. The summed E-state index contributed by atoms with van der Waals surface area (Å²) in [7, 11) is 0. The molecule has 1 aromatic rings. The average Bonchev–Trinajstić information content (AvgIpc) is 2.30. The van der Waals surface area contributed by atoms with Crippen LogP contribution in [-0.2, 0) is 0 Å². The Bertz CT molecular complexity index is 336. The van der Waals surface area contributed by atoms with Crippen LogP contribution < -0.4 is 0 Å². The topological polar surface area (TPSA) is 3.24 Å². The number of hydrogen-bond acceptors (Lipinski definition) is 1. The van der Waals surface area contributed by atoms with E-state index in [2.05, 4.69) is 58.9 Å². The highest BCUT2D eigenvalue weighted by Gasteiger charge is 2.20. The third-order valence-corrected chi connectivity index (χ3v) is 4.08. The number of likely N-dealkylation sites (tertiary alicyclic amines) is 1. The van der Waals surface area contributed by atoms with Crippen LogP contribution in [0.4, 0.5) is 0 Å². The Morgan fingerprint density at radius 1 is 1.18 bits per heavy atom. The molecule has 0 bridgehead atoms. The monoisotopic (exact) mass is 295 g/mol. The van der Waals surface area contributed by atoms with Gasteiger partial charge in [0.1, 0.15) is 0 Å². The van der Waals surface area contributed by atoms with E-state index in [-0.39, 0.29) is 0 Å². The third-order valence-electron chi connectivity index (χ3n) is 3.55. The molecule has 0 unspecified atom stereocenters. The highest BCUT2D eigenvalue weighted by atomic mass is 79.9. The molecule has 1 heterocycles. The molecule has 17 heavy (non-hydrogen) atoms. The molecule has 0 aromatic heterocycles. The van der Waals surface area contributed by atoms with E-state index >= 15 is 0 Å². The zero-order valence-corrected chi connectivity index (χ0v) is 12.4. The van der Waals surface area contributed by atoms with Gasteiger partial charge in [-0.15, -0.1) is 0 Å². The first-order chi connectivity index (χ1) is 8.15. The van der Waals surface area contributed by atoms with Gasteiger partial charge in [0.2, 0.25) is 0 Å². The summed E-state index contributed by atoms with van der Waals surface area (Å²) < 4.78 is 1.18. The highest BCUT2D eigenvalue weighted by molar-refractivity contribution is 9.10. The second-order valence-corrected chi connectivity index (χ2v) is 6.44. The number of nitrogens with zero attached hydrogens (tertiary/aromatic N) is 1. The zero-order chi connectivity index (χ0) is 12.3. The van der Waals surface area contributed by atoms with Gasteiger partial charge in [0.05, 0.1) is 0 Å². The van der Waals surface area contributed by atoms with Gasteiger partial charge in [0, 0.05) is 11.0 Å². The van der Waals surface area contributed by atoms with E-state index in [9.17, 15) is 0 Å². The lowest BCUT2D eigenvalue weighted by Crippen LogP contribution is -2.35. The van der Waals surface area contributed by atoms with Crippen LogP contribution >= 0.6 is 15.9 Å². The summed E-state index contributed by atoms with van der Waals surface area (Å²) in [6.07, 6.45) is 2.63. The fourth-order valence-corrected chi connectivity index (χ4v) is 2.96. The normalized spacial score (nSPS) is 18.8. The summed E-state index contributed by atoms with van der Waals surface area (Å²) in [5.41, 5.74) is 1.51. The zero-order valence-electron chi connectivity index (χ0n) is 10.8. The summed E-state index contributed by atoms with van der Waals surface area (Å²) in [6, 6.07) is 8.87. The number of hydrogen-bond donors (Lipinski definition) is 0. The van der Waals surface area contributed by atoms with Gasteiger partial charge in [-0.1, -0.05) is 41.9 Å². The maximum atomic E-state index is 3.50. The van der Waals surface area contributed by atoms with Crippen LogP contribution in [0.1, 0.15) is 38.2 Å². The number of benzene rings is 1. The smallest absolute Gasteiger partial charge is 0.0175 e. The number of halogens is 1. The van der Waals surface area contributed by atoms with Gasteiger partial charge in [-0.25, -0.2) is 0 Å². The number of piperidine rings is 1. The van der Waals surface area contributed by atoms with Gasteiger partial charge in [-0.05, 0) is 55.5 Å². The molecular weight excluding hydrogens is 274 g/mol. The van der Waals surface area contributed by atoms with E-state index < -0.39 is 0 Å². The predicted molar refractivity (Wildman–Crippen MR) is 77.4 cm³/mol. The highest BCUT2D eigenvalue weighted by Crippen LogP contribution is 2.29. The van der Waals surface area contributed by atoms with Crippen molar-refractivity contribution in [1.82, 2.24) is 4.90 Å². The lowest BCUT2D eigenvalue weighted by atomic mass is 9.89. The first-order valence-electron chi connectivity index (χ1n) is 6.63. The maximum absolute atomic E-state index is 3.50. The molecule has 0 N–H and O–H groups in total. The SMILES string of the molecule is CC(C)CN1CCC(c2ccc(Br)cc2)CC1. The van der Waals surface area contributed by atoms with Crippen LogP contribution in [0.15, 0.2) is 28.7 Å². The minimum Gasteiger partial charge on any atom is -0.303 e. The summed E-state index contributed by atoms with van der Waals surface area (Å²) in [5, 5.41) is 0. The fourth-order valence-electron chi connectivity index (χ4n) is 2.70. The van der Waals surface area contributed by atoms with Crippen molar-refractivity contribution in [2.45, 2.75) is 32.6 Å². The van der Waals surface area contributed by atoms with Crippen LogP contribution in [0, 0.1) is 5.92 Å². The summed E-state index contributed by atoms with van der Waals surface area (Å²) in [4.78, 5) is 2.61. The molecule has 1 aliphatic heterocycles. The van der Waals surface area contributed by atoms with Crippen molar-refractivity contribution in [3.8, 4) is 0 Å². The lowest BCUT2D eigenvalue weighted by molar-refractivity contribution is 0.192. The third kappa shape index (κ3) is 3.82. The first kappa shape index (κ1) is 13.1. The van der Waals surface area contributed by atoms with E-state index in [0.717, 1.165) is 11.8 Å². The fraction of sp³-hybridized carbons (Fsp3) is 0.600. The van der Waals surface area contributed by atoms with Gasteiger partial charge < -0.3 is 4.90 Å². The molecule has 1 aliphatic rings. The second kappa shape index (κ2) is 6.01. The summed E-state index contributed by atoms with van der Waals surface area (Å²) in [5.74, 6) is 1.56. The van der Waals surface area contributed by atoms with E-state index in [1.807, 2.05) is 0 Å². The van der Waals surface area contributed by atoms with Crippen molar-refractivity contribution in [2.24, 2.45) is 5.92 Å². The molecule has 2 heteroatoms. The molecule has 0 atom stereocenters. The predicted octanol–water partition coefficient (Wildman–Crippen LogP) is 4.28. The Kier molecular flexibility index (Phi) is 4.63. The van der Waals surface area contributed by atoms with E-state index in [0.29, 0.717) is 0 Å². The van der Waals surface area contributed by atoms with Crippen LogP contribution in [0.3, 0.4) is 0 Å². The van der Waals surface area contributed by atoms with E-state index in [1.54, 1.807) is 0 Å². The first-order valence-corrected chi connectivity index (χ1v) is 7.42. The molecule has 0 aliphatic carbocycles. The maximum Gasteiger partial charge on any atom is 0.0175 e. The van der Waals surface area contributed by atoms with Crippen molar-refractivity contribution in [3.63, 3.8) is 0 Å². The Hall–Kier alpha value is -0.340. The van der Waals surface area contributed by atoms with Crippen LogP contribution in [0.2, 0.25) is 0 Å². The number of rotatable bonds is 3. The van der Waals surface area contributed by atoms with Gasteiger partial charge in [-0.3, -0.25) is 0 Å². The Labute approximate surface area is 113 Å². The summed E-state index contributed by atoms with van der Waals surface area (Å²) in [6.45, 7) is 8.40. The molecular formula is C15H22BrN. The minimum absolute atomic E-state index is 0.770. The van der Waals surface area contributed by atoms with Crippen molar-refractivity contribution >= 4 is 15.9 Å². The van der Waals surface area contributed by atoms with Crippen molar-refractivity contribution < 1.29 is 0 Å². The minimum atomic E-state index is 0.770. The molecule has 0 spiro atoms. The molecule has 1 nitrogen and oxygen atoms in total. The quantitative estimate of drug-likeness (QED) is 0.804. The molecule has 1 saturated heterocycles. The van der Waals surface area contributed by atoms with Gasteiger partial charge in [0.15, 0.2) is 0 Å². The Balaban J connectivity index is 1.88. The Morgan fingerprint density at radius 2 is 1.76 bits per heavy atom. The average molecular weight is 296 g/mol. The second-order valence-electron chi connectivity index (χ2n) is 5.52. The van der Waals surface area contributed by atoms with Gasteiger partial charge in [-0.2, -0.15) is 0 Å². The molecule has 94 valence electrons. The molecule has 0 amide bonds.